The molecule has 2 N–H and O–H groups in total. The van der Waals surface area contributed by atoms with Crippen LogP contribution < -0.4 is 0 Å². The van der Waals surface area contributed by atoms with E-state index in [0.717, 1.165) is 32.1 Å². The lowest BCUT2D eigenvalue weighted by molar-refractivity contribution is -0.164. The SMILES string of the molecule is C[C@]12C=CC(=O)C=C1CC[C@@H]1[C@@H]2CC[C@@]2(C)[C@H]1CC[C@]2(CCO)C(=O)O. The molecule has 142 valence electrons. The van der Waals surface area contributed by atoms with Crippen molar-refractivity contribution < 1.29 is 19.8 Å². The van der Waals surface area contributed by atoms with E-state index in [4.69, 9.17) is 0 Å². The number of hydrogen-bond acceptors (Lipinski definition) is 3. The summed E-state index contributed by atoms with van der Waals surface area (Å²) in [5, 5.41) is 19.7. The molecule has 3 fully saturated rings. The number of carboxylic acids is 1. The zero-order valence-electron chi connectivity index (χ0n) is 15.8. The quantitative estimate of drug-likeness (QED) is 0.806. The van der Waals surface area contributed by atoms with Crippen molar-refractivity contribution >= 4 is 11.8 Å². The summed E-state index contributed by atoms with van der Waals surface area (Å²) in [7, 11) is 0. The van der Waals surface area contributed by atoms with Crippen LogP contribution in [0.25, 0.3) is 0 Å². The van der Waals surface area contributed by atoms with Crippen molar-refractivity contribution in [3.8, 4) is 0 Å². The number of aliphatic hydroxyl groups is 1. The molecule has 0 heterocycles. The molecule has 4 aliphatic rings. The Hall–Kier alpha value is -1.42. The summed E-state index contributed by atoms with van der Waals surface area (Å²) in [6.45, 7) is 4.39. The van der Waals surface area contributed by atoms with Crippen molar-refractivity contribution in [1.29, 1.82) is 0 Å². The van der Waals surface area contributed by atoms with Gasteiger partial charge in [0.05, 0.1) is 5.41 Å². The van der Waals surface area contributed by atoms with Gasteiger partial charge in [0.1, 0.15) is 0 Å². The molecule has 6 atom stereocenters. The summed E-state index contributed by atoms with van der Waals surface area (Å²) in [4.78, 5) is 24.1. The summed E-state index contributed by atoms with van der Waals surface area (Å²) >= 11 is 0. The fourth-order valence-electron chi connectivity index (χ4n) is 7.39. The monoisotopic (exact) mass is 358 g/mol. The fraction of sp³-hybridized carbons (Fsp3) is 0.727. The average Bonchev–Trinajstić information content (AvgIpc) is 2.90. The Kier molecular flexibility index (Phi) is 4.00. The van der Waals surface area contributed by atoms with Crippen LogP contribution in [0.2, 0.25) is 0 Å². The molecule has 26 heavy (non-hydrogen) atoms. The van der Waals surface area contributed by atoms with Crippen LogP contribution in [-0.2, 0) is 9.59 Å². The van der Waals surface area contributed by atoms with Gasteiger partial charge in [-0.15, -0.1) is 0 Å². The second kappa shape index (κ2) is 5.79. The van der Waals surface area contributed by atoms with Crippen molar-refractivity contribution in [1.82, 2.24) is 0 Å². The highest BCUT2D eigenvalue weighted by Crippen LogP contribution is 2.70. The molecule has 4 rings (SSSR count). The molecular formula is C22H30O4. The third kappa shape index (κ3) is 2.11. The molecule has 0 amide bonds. The van der Waals surface area contributed by atoms with E-state index in [-0.39, 0.29) is 23.2 Å². The van der Waals surface area contributed by atoms with E-state index >= 15 is 0 Å². The maximum absolute atomic E-state index is 12.3. The number of fused-ring (bicyclic) bond motifs is 5. The largest absolute Gasteiger partial charge is 0.481 e. The molecule has 0 saturated heterocycles. The summed E-state index contributed by atoms with van der Waals surface area (Å²) in [5.41, 5.74) is 0.193. The number of ketones is 1. The molecule has 4 aliphatic carbocycles. The van der Waals surface area contributed by atoms with Crippen LogP contribution in [0.15, 0.2) is 23.8 Å². The fourth-order valence-corrected chi connectivity index (χ4v) is 7.39. The summed E-state index contributed by atoms with van der Waals surface area (Å²) in [6, 6.07) is 0. The molecule has 0 unspecified atom stereocenters. The zero-order valence-corrected chi connectivity index (χ0v) is 15.8. The summed E-state index contributed by atoms with van der Waals surface area (Å²) in [6.07, 6.45) is 11.6. The van der Waals surface area contributed by atoms with Crippen LogP contribution in [0.4, 0.5) is 0 Å². The molecule has 0 bridgehead atoms. The number of carbonyl (C=O) groups excluding carboxylic acids is 1. The highest BCUT2D eigenvalue weighted by atomic mass is 16.4. The lowest BCUT2D eigenvalue weighted by Crippen LogP contribution is -2.54. The standard InChI is InChI=1S/C22H30O4/c1-20-8-5-15(24)13-14(20)3-4-16-17(20)6-9-21(2)18(16)7-10-22(21,11-12-23)19(25)26/h5,8,13,16-18,23H,3-4,6-7,9-12H2,1-2H3,(H,25,26)/t16-,17+,18+,20+,21+,22+/m1/s1. The molecule has 0 spiro atoms. The predicted molar refractivity (Wildman–Crippen MR) is 98.4 cm³/mol. The van der Waals surface area contributed by atoms with Crippen molar-refractivity contribution in [3.63, 3.8) is 0 Å². The van der Waals surface area contributed by atoms with Gasteiger partial charge >= 0.3 is 5.97 Å². The van der Waals surface area contributed by atoms with Gasteiger partial charge in [-0.25, -0.2) is 0 Å². The van der Waals surface area contributed by atoms with E-state index in [1.807, 2.05) is 6.08 Å². The van der Waals surface area contributed by atoms with E-state index in [0.29, 0.717) is 30.6 Å². The Labute approximate surface area is 155 Å². The number of aliphatic hydroxyl groups excluding tert-OH is 1. The lowest BCUT2D eigenvalue weighted by atomic mass is 9.45. The first-order valence-corrected chi connectivity index (χ1v) is 10.1. The first-order chi connectivity index (χ1) is 12.3. The van der Waals surface area contributed by atoms with Crippen LogP contribution in [0.5, 0.6) is 0 Å². The van der Waals surface area contributed by atoms with E-state index in [1.54, 1.807) is 6.08 Å². The van der Waals surface area contributed by atoms with Gasteiger partial charge in [0.2, 0.25) is 0 Å². The van der Waals surface area contributed by atoms with E-state index < -0.39 is 11.4 Å². The lowest BCUT2D eigenvalue weighted by Gasteiger charge is -2.58. The molecule has 0 aromatic rings. The molecular weight excluding hydrogens is 328 g/mol. The van der Waals surface area contributed by atoms with Crippen LogP contribution in [-0.4, -0.2) is 28.6 Å². The minimum atomic E-state index is -0.785. The first kappa shape index (κ1) is 18.0. The van der Waals surface area contributed by atoms with Crippen molar-refractivity contribution in [2.45, 2.75) is 58.8 Å². The Morgan fingerprint density at radius 2 is 1.92 bits per heavy atom. The van der Waals surface area contributed by atoms with Crippen molar-refractivity contribution in [3.05, 3.63) is 23.8 Å². The number of rotatable bonds is 3. The average molecular weight is 358 g/mol. The maximum atomic E-state index is 12.3. The first-order valence-electron chi connectivity index (χ1n) is 10.1. The van der Waals surface area contributed by atoms with Gasteiger partial charge in [-0.1, -0.05) is 25.5 Å². The van der Waals surface area contributed by atoms with Crippen molar-refractivity contribution in [2.75, 3.05) is 6.61 Å². The topological polar surface area (TPSA) is 74.6 Å². The third-order valence-electron chi connectivity index (χ3n) is 8.87. The van der Waals surface area contributed by atoms with Crippen LogP contribution in [0, 0.1) is 34.0 Å². The Bertz CT molecular complexity index is 707. The molecule has 0 aliphatic heterocycles. The van der Waals surface area contributed by atoms with E-state index in [9.17, 15) is 19.8 Å². The van der Waals surface area contributed by atoms with Gasteiger partial charge in [0.25, 0.3) is 0 Å². The minimum Gasteiger partial charge on any atom is -0.481 e. The summed E-state index contributed by atoms with van der Waals surface area (Å²) in [5.74, 6) is 0.775. The predicted octanol–water partition coefficient (Wildman–Crippen LogP) is 3.75. The zero-order chi connectivity index (χ0) is 18.7. The molecule has 4 heteroatoms. The van der Waals surface area contributed by atoms with Gasteiger partial charge in [0, 0.05) is 12.0 Å². The molecule has 4 nitrogen and oxygen atoms in total. The Morgan fingerprint density at radius 1 is 1.19 bits per heavy atom. The van der Waals surface area contributed by atoms with Crippen LogP contribution >= 0.6 is 0 Å². The Morgan fingerprint density at radius 3 is 2.62 bits per heavy atom. The Balaban J connectivity index is 1.70. The number of carbonyl (C=O) groups is 2. The van der Waals surface area contributed by atoms with E-state index in [1.165, 1.54) is 5.57 Å². The minimum absolute atomic E-state index is 0.0520. The van der Waals surface area contributed by atoms with Gasteiger partial charge < -0.3 is 10.2 Å². The van der Waals surface area contributed by atoms with Crippen LogP contribution in [0.1, 0.15) is 58.8 Å². The number of hydrogen-bond donors (Lipinski definition) is 2. The summed E-state index contributed by atoms with van der Waals surface area (Å²) < 4.78 is 0. The number of carboxylic acid groups (broad SMARTS) is 1. The molecule has 0 radical (unpaired) electrons. The second-order valence-electron chi connectivity index (χ2n) is 9.46. The number of aliphatic carboxylic acids is 1. The highest BCUT2D eigenvalue weighted by molar-refractivity contribution is 6.01. The van der Waals surface area contributed by atoms with Crippen molar-refractivity contribution in [2.24, 2.45) is 34.0 Å². The van der Waals surface area contributed by atoms with Gasteiger partial charge in [-0.05, 0) is 80.3 Å². The maximum Gasteiger partial charge on any atom is 0.310 e. The van der Waals surface area contributed by atoms with Crippen LogP contribution in [0.3, 0.4) is 0 Å². The van der Waals surface area contributed by atoms with E-state index in [2.05, 4.69) is 19.9 Å². The third-order valence-corrected chi connectivity index (χ3v) is 8.87. The molecule has 3 saturated carbocycles. The van der Waals surface area contributed by atoms with Gasteiger partial charge in [0.15, 0.2) is 5.78 Å². The molecule has 0 aromatic heterocycles. The molecule has 0 aromatic carbocycles. The number of allylic oxidation sites excluding steroid dienone is 4. The second-order valence-corrected chi connectivity index (χ2v) is 9.46. The highest BCUT2D eigenvalue weighted by Gasteiger charge is 2.66. The normalized spacial score (nSPS) is 47.0. The smallest absolute Gasteiger partial charge is 0.310 e. The van der Waals surface area contributed by atoms with Gasteiger partial charge in [-0.2, -0.15) is 0 Å². The van der Waals surface area contributed by atoms with Gasteiger partial charge in [-0.3, -0.25) is 9.59 Å².